The lowest BCUT2D eigenvalue weighted by molar-refractivity contribution is -0.123. The van der Waals surface area contributed by atoms with Gasteiger partial charge >= 0.3 is 5.97 Å². The number of hydrogen-bond acceptors (Lipinski definition) is 8. The van der Waals surface area contributed by atoms with Crippen LogP contribution in [0.25, 0.3) is 6.08 Å². The fraction of sp³-hybridized carbons (Fsp3) is 0.192. The molecule has 1 fully saturated rings. The second-order valence-corrected chi connectivity index (χ2v) is 8.50. The van der Waals surface area contributed by atoms with Crippen LogP contribution in [0.3, 0.4) is 0 Å². The highest BCUT2D eigenvalue weighted by atomic mass is 32.2. The summed E-state index contributed by atoms with van der Waals surface area (Å²) in [4.78, 5) is 38.9. The Labute approximate surface area is 206 Å². The summed E-state index contributed by atoms with van der Waals surface area (Å²) in [5, 5.41) is -0.358. The fourth-order valence-electron chi connectivity index (χ4n) is 3.32. The lowest BCUT2D eigenvalue weighted by atomic mass is 10.2. The maximum Gasteiger partial charge on any atom is 0.379 e. The van der Waals surface area contributed by atoms with E-state index in [1.807, 2.05) is 31.2 Å². The normalized spacial score (nSPS) is 14.5. The van der Waals surface area contributed by atoms with Crippen LogP contribution in [0, 0.1) is 6.92 Å². The van der Waals surface area contributed by atoms with Crippen molar-refractivity contribution in [3.8, 4) is 17.2 Å². The smallest absolute Gasteiger partial charge is 0.379 e. The summed E-state index contributed by atoms with van der Waals surface area (Å²) in [6.45, 7) is 4.43. The number of hydrogen-bond donors (Lipinski definition) is 0. The van der Waals surface area contributed by atoms with Crippen LogP contribution in [0.15, 0.2) is 70.2 Å². The van der Waals surface area contributed by atoms with Gasteiger partial charge in [-0.1, -0.05) is 18.2 Å². The van der Waals surface area contributed by atoms with Crippen molar-refractivity contribution in [3.05, 3.63) is 82.7 Å². The third kappa shape index (κ3) is 5.93. The van der Waals surface area contributed by atoms with E-state index in [0.717, 1.165) is 22.2 Å². The lowest BCUT2D eigenvalue weighted by Crippen LogP contribution is -2.32. The maximum atomic E-state index is 12.8. The average Bonchev–Trinajstić information content (AvgIpc) is 3.46. The number of rotatable bonds is 9. The molecule has 9 heteroatoms. The molecule has 1 aromatic heterocycles. The molecule has 0 unspecified atom stereocenters. The summed E-state index contributed by atoms with van der Waals surface area (Å²) in [5.74, 6) is 0.246. The molecule has 0 radical (unpaired) electrons. The zero-order chi connectivity index (χ0) is 24.8. The van der Waals surface area contributed by atoms with Crippen molar-refractivity contribution in [2.24, 2.45) is 0 Å². The number of amides is 2. The first-order valence-corrected chi connectivity index (χ1v) is 11.7. The second-order valence-electron chi connectivity index (χ2n) is 7.50. The third-order valence-electron chi connectivity index (χ3n) is 4.94. The van der Waals surface area contributed by atoms with Crippen LogP contribution in [0.5, 0.6) is 17.2 Å². The predicted molar refractivity (Wildman–Crippen MR) is 131 cm³/mol. The van der Waals surface area contributed by atoms with Crippen LogP contribution < -0.4 is 14.2 Å². The number of imide groups is 1. The molecule has 1 aliphatic heterocycles. The molecule has 0 saturated carbocycles. The van der Waals surface area contributed by atoms with Gasteiger partial charge in [0.2, 0.25) is 5.76 Å². The highest BCUT2D eigenvalue weighted by Gasteiger charge is 2.34. The number of ether oxygens (including phenoxy) is 3. The molecule has 0 atom stereocenters. The van der Waals surface area contributed by atoms with Gasteiger partial charge in [-0.2, -0.15) is 0 Å². The number of esters is 1. The zero-order valence-corrected chi connectivity index (χ0v) is 20.0. The average molecular weight is 494 g/mol. The standard InChI is InChI=1S/C26H23NO7S/c1-3-31-22-15-18(9-10-20(22)34-25(29)21-8-5-12-33-21)16-23-24(28)27(26(30)35-23)11-13-32-19-7-4-6-17(2)14-19/h4-10,12,14-16H,3,11,13H2,1-2H3/b23-16-. The first kappa shape index (κ1) is 24.2. The molecule has 0 bridgehead atoms. The number of thioether (sulfide) groups is 1. The van der Waals surface area contributed by atoms with Crippen LogP contribution in [0.4, 0.5) is 4.79 Å². The molecule has 0 aliphatic carbocycles. The molecule has 8 nitrogen and oxygen atoms in total. The summed E-state index contributed by atoms with van der Waals surface area (Å²) in [6.07, 6.45) is 2.98. The molecule has 2 aromatic carbocycles. The quantitative estimate of drug-likeness (QED) is 0.225. The monoisotopic (exact) mass is 493 g/mol. The highest BCUT2D eigenvalue weighted by molar-refractivity contribution is 8.18. The van der Waals surface area contributed by atoms with Gasteiger partial charge < -0.3 is 18.6 Å². The fourth-order valence-corrected chi connectivity index (χ4v) is 4.18. The number of nitrogens with zero attached hydrogens (tertiary/aromatic N) is 1. The molecule has 1 aliphatic rings. The van der Waals surface area contributed by atoms with Gasteiger partial charge in [0.1, 0.15) is 12.4 Å². The van der Waals surface area contributed by atoms with Gasteiger partial charge in [-0.25, -0.2) is 4.79 Å². The highest BCUT2D eigenvalue weighted by Crippen LogP contribution is 2.35. The van der Waals surface area contributed by atoms with Crippen LogP contribution in [0.1, 0.15) is 28.6 Å². The molecule has 3 aromatic rings. The third-order valence-corrected chi connectivity index (χ3v) is 5.84. The van der Waals surface area contributed by atoms with E-state index in [0.29, 0.717) is 23.7 Å². The maximum absolute atomic E-state index is 12.8. The van der Waals surface area contributed by atoms with Crippen LogP contribution >= 0.6 is 11.8 Å². The molecule has 180 valence electrons. The second kappa shape index (κ2) is 11.0. The van der Waals surface area contributed by atoms with E-state index in [4.69, 9.17) is 18.6 Å². The van der Waals surface area contributed by atoms with Gasteiger partial charge in [0.05, 0.1) is 24.3 Å². The summed E-state index contributed by atoms with van der Waals surface area (Å²) in [6, 6.07) is 15.5. The molecule has 4 rings (SSSR count). The van der Waals surface area contributed by atoms with Crippen molar-refractivity contribution in [1.82, 2.24) is 4.90 Å². The van der Waals surface area contributed by atoms with E-state index in [1.54, 1.807) is 37.3 Å². The predicted octanol–water partition coefficient (Wildman–Crippen LogP) is 5.32. The Kier molecular flexibility index (Phi) is 7.57. The van der Waals surface area contributed by atoms with Gasteiger partial charge in [-0.3, -0.25) is 14.5 Å². The van der Waals surface area contributed by atoms with Crippen molar-refractivity contribution in [3.63, 3.8) is 0 Å². The van der Waals surface area contributed by atoms with Crippen molar-refractivity contribution >= 4 is 35.0 Å². The van der Waals surface area contributed by atoms with Crippen LogP contribution in [-0.4, -0.2) is 41.8 Å². The van der Waals surface area contributed by atoms with Crippen molar-refractivity contribution in [2.75, 3.05) is 19.8 Å². The Bertz CT molecular complexity index is 1270. The SMILES string of the molecule is CCOc1cc(/C=C2\SC(=O)N(CCOc3cccc(C)c3)C2=O)ccc1OC(=O)c1ccco1. The van der Waals surface area contributed by atoms with E-state index < -0.39 is 5.97 Å². The molecule has 2 heterocycles. The number of furan rings is 1. The minimum Gasteiger partial charge on any atom is -0.492 e. The summed E-state index contributed by atoms with van der Waals surface area (Å²) in [5.41, 5.74) is 1.68. The Hall–Kier alpha value is -3.98. The first-order chi connectivity index (χ1) is 16.9. The number of aryl methyl sites for hydroxylation is 1. The Morgan fingerprint density at radius 2 is 1.91 bits per heavy atom. The molecule has 0 N–H and O–H groups in total. The largest absolute Gasteiger partial charge is 0.492 e. The molecular formula is C26H23NO7S. The van der Waals surface area contributed by atoms with E-state index in [1.165, 1.54) is 12.3 Å². The van der Waals surface area contributed by atoms with Crippen LogP contribution in [0.2, 0.25) is 0 Å². The van der Waals surface area contributed by atoms with Crippen molar-refractivity contribution in [2.45, 2.75) is 13.8 Å². The van der Waals surface area contributed by atoms with E-state index in [2.05, 4.69) is 0 Å². The van der Waals surface area contributed by atoms with Gasteiger partial charge in [-0.05, 0) is 79.2 Å². The van der Waals surface area contributed by atoms with Gasteiger partial charge in [0.25, 0.3) is 11.1 Å². The number of carbonyl (C=O) groups excluding carboxylic acids is 3. The molecule has 0 spiro atoms. The van der Waals surface area contributed by atoms with Crippen LogP contribution in [-0.2, 0) is 4.79 Å². The van der Waals surface area contributed by atoms with Gasteiger partial charge in [0, 0.05) is 0 Å². The summed E-state index contributed by atoms with van der Waals surface area (Å²) >= 11 is 0.862. The molecule has 35 heavy (non-hydrogen) atoms. The topological polar surface area (TPSA) is 95.3 Å². The Morgan fingerprint density at radius 1 is 1.06 bits per heavy atom. The van der Waals surface area contributed by atoms with E-state index in [9.17, 15) is 14.4 Å². The van der Waals surface area contributed by atoms with E-state index >= 15 is 0 Å². The minimum absolute atomic E-state index is 0.0663. The number of carbonyl (C=O) groups is 3. The first-order valence-electron chi connectivity index (χ1n) is 10.9. The summed E-state index contributed by atoms with van der Waals surface area (Å²) in [7, 11) is 0. The molecule has 2 amide bonds. The molecule has 1 saturated heterocycles. The minimum atomic E-state index is -0.655. The Balaban J connectivity index is 1.44. The van der Waals surface area contributed by atoms with Crippen molar-refractivity contribution < 1.29 is 33.0 Å². The summed E-state index contributed by atoms with van der Waals surface area (Å²) < 4.78 is 21.7. The van der Waals surface area contributed by atoms with Gasteiger partial charge in [0.15, 0.2) is 11.5 Å². The van der Waals surface area contributed by atoms with Crippen molar-refractivity contribution in [1.29, 1.82) is 0 Å². The number of benzene rings is 2. The van der Waals surface area contributed by atoms with Gasteiger partial charge in [-0.15, -0.1) is 0 Å². The lowest BCUT2D eigenvalue weighted by Gasteiger charge is -2.13. The Morgan fingerprint density at radius 3 is 2.66 bits per heavy atom. The van der Waals surface area contributed by atoms with E-state index in [-0.39, 0.29) is 40.7 Å². The molecular weight excluding hydrogens is 470 g/mol. The zero-order valence-electron chi connectivity index (χ0n) is 19.2.